The van der Waals surface area contributed by atoms with Crippen LogP contribution in [0.5, 0.6) is 0 Å². The van der Waals surface area contributed by atoms with E-state index in [-0.39, 0.29) is 23.7 Å². The van der Waals surface area contributed by atoms with Crippen LogP contribution in [0.1, 0.15) is 19.4 Å². The summed E-state index contributed by atoms with van der Waals surface area (Å²) in [7, 11) is 0. The zero-order chi connectivity index (χ0) is 17.3. The average molecular weight is 341 g/mol. The van der Waals surface area contributed by atoms with E-state index < -0.39 is 0 Å². The maximum atomic E-state index is 13.2. The van der Waals surface area contributed by atoms with Crippen LogP contribution in [0.25, 0.3) is 5.57 Å². The normalized spacial score (nSPS) is 14.9. The Morgan fingerprint density at radius 1 is 0.917 bits per heavy atom. The fraction of sp³-hybridized carbons (Fsp3) is 0.158. The van der Waals surface area contributed by atoms with Gasteiger partial charge in [0.15, 0.2) is 0 Å². The topological polar surface area (TPSA) is 37.4 Å². The van der Waals surface area contributed by atoms with E-state index in [2.05, 4.69) is 0 Å². The van der Waals surface area contributed by atoms with Gasteiger partial charge in [-0.15, -0.1) is 0 Å². The van der Waals surface area contributed by atoms with E-state index in [4.69, 9.17) is 0 Å². The van der Waals surface area contributed by atoms with Gasteiger partial charge in [-0.2, -0.15) is 0 Å². The van der Waals surface area contributed by atoms with Crippen LogP contribution in [0.2, 0.25) is 0 Å². The monoisotopic (exact) mass is 341 g/mol. The molecule has 0 N–H and O–H groups in total. The summed E-state index contributed by atoms with van der Waals surface area (Å²) in [6.45, 7) is 3.60. The van der Waals surface area contributed by atoms with Crippen LogP contribution < -0.4 is 0 Å². The summed E-state index contributed by atoms with van der Waals surface area (Å²) in [4.78, 5) is 28.1. The molecule has 0 bridgehead atoms. The van der Waals surface area contributed by atoms with Gasteiger partial charge in [-0.3, -0.25) is 14.5 Å². The number of carbonyl (C=O) groups excluding carboxylic acids is 2. The fourth-order valence-electron chi connectivity index (χ4n) is 2.57. The molecule has 3 nitrogen and oxygen atoms in total. The van der Waals surface area contributed by atoms with Crippen molar-refractivity contribution in [3.05, 3.63) is 70.9 Å². The Kier molecular flexibility index (Phi) is 4.53. The molecule has 0 radical (unpaired) electrons. The van der Waals surface area contributed by atoms with Gasteiger partial charge in [0.25, 0.3) is 11.8 Å². The molecule has 2 amide bonds. The predicted octanol–water partition coefficient (Wildman–Crippen LogP) is 4.11. The van der Waals surface area contributed by atoms with Gasteiger partial charge in [-0.1, -0.05) is 42.1 Å². The van der Waals surface area contributed by atoms with Gasteiger partial charge in [-0.25, -0.2) is 4.39 Å². The first-order valence-corrected chi connectivity index (χ1v) is 8.41. The highest BCUT2D eigenvalue weighted by molar-refractivity contribution is 8.04. The van der Waals surface area contributed by atoms with Crippen molar-refractivity contribution in [1.82, 2.24) is 4.90 Å². The van der Waals surface area contributed by atoms with Crippen LogP contribution in [0.4, 0.5) is 4.39 Å². The van der Waals surface area contributed by atoms with E-state index in [1.54, 1.807) is 13.8 Å². The van der Waals surface area contributed by atoms with Gasteiger partial charge >= 0.3 is 0 Å². The molecule has 0 atom stereocenters. The zero-order valence-corrected chi connectivity index (χ0v) is 14.1. The third kappa shape index (κ3) is 2.99. The quantitative estimate of drug-likeness (QED) is 0.786. The third-order valence-corrected chi connectivity index (χ3v) is 4.78. The minimum atomic E-state index is -0.380. The number of amides is 2. The Balaban J connectivity index is 2.10. The van der Waals surface area contributed by atoms with Crippen molar-refractivity contribution in [3.8, 4) is 0 Å². The van der Waals surface area contributed by atoms with Crippen molar-refractivity contribution in [2.75, 3.05) is 0 Å². The molecule has 0 spiro atoms. The van der Waals surface area contributed by atoms with Gasteiger partial charge < -0.3 is 0 Å². The summed E-state index contributed by atoms with van der Waals surface area (Å²) in [6, 6.07) is 14.8. The second-order valence-corrected chi connectivity index (χ2v) is 6.78. The summed E-state index contributed by atoms with van der Waals surface area (Å²) < 4.78 is 13.2. The predicted molar refractivity (Wildman–Crippen MR) is 92.6 cm³/mol. The average Bonchev–Trinajstić information content (AvgIpc) is 2.80. The highest BCUT2D eigenvalue weighted by Gasteiger charge is 2.40. The van der Waals surface area contributed by atoms with Crippen LogP contribution in [-0.2, 0) is 9.59 Å². The highest BCUT2D eigenvalue weighted by Crippen LogP contribution is 2.40. The lowest BCUT2D eigenvalue weighted by Gasteiger charge is -2.19. The number of hydrogen-bond donors (Lipinski definition) is 0. The summed E-state index contributed by atoms with van der Waals surface area (Å²) in [5.74, 6) is -1.02. The smallest absolute Gasteiger partial charge is 0.268 e. The lowest BCUT2D eigenvalue weighted by Crippen LogP contribution is -2.37. The zero-order valence-electron chi connectivity index (χ0n) is 13.3. The third-order valence-electron chi connectivity index (χ3n) is 3.69. The standard InChI is InChI=1S/C19H16FNO2S/c1-12(2)21-18(22)16(13-8-10-14(20)11-9-13)17(19(21)23)24-15-6-4-3-5-7-15/h3-12H,1-2H3. The molecule has 122 valence electrons. The van der Waals surface area contributed by atoms with Crippen molar-refractivity contribution in [1.29, 1.82) is 0 Å². The molecule has 2 aromatic carbocycles. The van der Waals surface area contributed by atoms with Crippen LogP contribution in [-0.4, -0.2) is 22.8 Å². The van der Waals surface area contributed by atoms with Crippen molar-refractivity contribution in [2.24, 2.45) is 0 Å². The largest absolute Gasteiger partial charge is 0.271 e. The lowest BCUT2D eigenvalue weighted by molar-refractivity contribution is -0.138. The molecule has 24 heavy (non-hydrogen) atoms. The van der Waals surface area contributed by atoms with Crippen LogP contribution in [0.3, 0.4) is 0 Å². The molecule has 1 aliphatic heterocycles. The molecule has 0 fully saturated rings. The number of imide groups is 1. The van der Waals surface area contributed by atoms with E-state index in [1.807, 2.05) is 30.3 Å². The first-order valence-electron chi connectivity index (χ1n) is 7.60. The van der Waals surface area contributed by atoms with Crippen molar-refractivity contribution in [3.63, 3.8) is 0 Å². The van der Waals surface area contributed by atoms with E-state index in [9.17, 15) is 14.0 Å². The van der Waals surface area contributed by atoms with Crippen LogP contribution in [0.15, 0.2) is 64.4 Å². The summed E-state index contributed by atoms with van der Waals surface area (Å²) in [5, 5.41) is 0. The molecule has 1 aliphatic rings. The van der Waals surface area contributed by atoms with Gasteiger partial charge in [-0.05, 0) is 43.7 Å². The molecule has 5 heteroatoms. The maximum absolute atomic E-state index is 13.2. The molecule has 0 unspecified atom stereocenters. The van der Waals surface area contributed by atoms with Gasteiger partial charge in [0.2, 0.25) is 0 Å². The van der Waals surface area contributed by atoms with Gasteiger partial charge in [0.05, 0.1) is 10.5 Å². The Labute approximate surface area is 144 Å². The number of hydrogen-bond acceptors (Lipinski definition) is 3. The number of nitrogens with zero attached hydrogens (tertiary/aromatic N) is 1. The molecular weight excluding hydrogens is 325 g/mol. The fourth-order valence-corrected chi connectivity index (χ4v) is 3.59. The first kappa shape index (κ1) is 16.5. The second kappa shape index (κ2) is 6.61. The molecule has 0 aliphatic carbocycles. The maximum Gasteiger partial charge on any atom is 0.268 e. The van der Waals surface area contributed by atoms with Crippen LogP contribution in [0, 0.1) is 5.82 Å². The Morgan fingerprint density at radius 2 is 1.54 bits per heavy atom. The molecule has 0 saturated heterocycles. The number of thioether (sulfide) groups is 1. The summed E-state index contributed by atoms with van der Waals surface area (Å²) in [5.41, 5.74) is 0.888. The lowest BCUT2D eigenvalue weighted by atomic mass is 10.1. The first-order chi connectivity index (χ1) is 11.5. The Bertz CT molecular complexity index is 813. The van der Waals surface area contributed by atoms with E-state index in [1.165, 1.54) is 40.9 Å². The van der Waals surface area contributed by atoms with Crippen LogP contribution >= 0.6 is 11.8 Å². The SMILES string of the molecule is CC(C)N1C(=O)C(Sc2ccccc2)=C(c2ccc(F)cc2)C1=O. The van der Waals surface area contributed by atoms with Crippen molar-refractivity contribution >= 4 is 29.1 Å². The van der Waals surface area contributed by atoms with Gasteiger partial charge in [0.1, 0.15) is 5.82 Å². The van der Waals surface area contributed by atoms with E-state index in [0.717, 1.165) is 4.90 Å². The summed E-state index contributed by atoms with van der Waals surface area (Å²) in [6.07, 6.45) is 0. The Morgan fingerprint density at radius 3 is 2.12 bits per heavy atom. The van der Waals surface area contributed by atoms with E-state index >= 15 is 0 Å². The van der Waals surface area contributed by atoms with Crippen molar-refractivity contribution < 1.29 is 14.0 Å². The number of carbonyl (C=O) groups is 2. The van der Waals surface area contributed by atoms with Crippen molar-refractivity contribution in [2.45, 2.75) is 24.8 Å². The minimum absolute atomic E-state index is 0.241. The Hall–Kier alpha value is -2.40. The number of benzene rings is 2. The molecule has 0 saturated carbocycles. The molecule has 3 rings (SSSR count). The number of rotatable bonds is 4. The molecule has 0 aromatic heterocycles. The molecule has 1 heterocycles. The summed E-state index contributed by atoms with van der Waals surface area (Å²) >= 11 is 1.27. The van der Waals surface area contributed by atoms with Gasteiger partial charge in [0, 0.05) is 10.9 Å². The second-order valence-electron chi connectivity index (χ2n) is 5.70. The minimum Gasteiger partial charge on any atom is -0.271 e. The highest BCUT2D eigenvalue weighted by atomic mass is 32.2. The number of halogens is 1. The molecular formula is C19H16FNO2S. The molecule has 2 aromatic rings. The van der Waals surface area contributed by atoms with E-state index in [0.29, 0.717) is 16.0 Å².